The second-order valence-electron chi connectivity index (χ2n) is 5.96. The minimum atomic E-state index is 0. The van der Waals surface area contributed by atoms with Crippen molar-refractivity contribution >= 4 is 23.7 Å². The van der Waals surface area contributed by atoms with E-state index in [-0.39, 0.29) is 12.4 Å². The van der Waals surface area contributed by atoms with E-state index in [0.717, 1.165) is 40.8 Å². The van der Waals surface area contributed by atoms with Crippen molar-refractivity contribution in [2.45, 2.75) is 32.2 Å². The Morgan fingerprint density at radius 1 is 1.12 bits per heavy atom. The summed E-state index contributed by atoms with van der Waals surface area (Å²) in [5, 5.41) is 1.02. The van der Waals surface area contributed by atoms with Crippen molar-refractivity contribution in [3.05, 3.63) is 35.3 Å². The fourth-order valence-electron chi connectivity index (χ4n) is 2.89. The molecule has 1 aromatic carbocycles. The van der Waals surface area contributed by atoms with Crippen LogP contribution in [-0.4, -0.2) is 36.1 Å². The topological polar surface area (TPSA) is 51.4 Å². The molecule has 0 bridgehead atoms. The third-order valence-electron chi connectivity index (χ3n) is 4.19. The normalized spacial score (nSPS) is 15.0. The number of halogens is 1. The number of hydrogen-bond acceptors (Lipinski definition) is 5. The van der Waals surface area contributed by atoms with E-state index >= 15 is 0 Å². The Morgan fingerprint density at radius 3 is 2.54 bits per heavy atom. The predicted octanol–water partition coefficient (Wildman–Crippen LogP) is 3.95. The second-order valence-corrected chi connectivity index (χ2v) is 7.08. The molecule has 2 heterocycles. The summed E-state index contributed by atoms with van der Waals surface area (Å²) in [6.07, 6.45) is 7.04. The molecule has 1 saturated heterocycles. The molecule has 0 spiro atoms. The Kier molecular flexibility index (Phi) is 7.99. The van der Waals surface area contributed by atoms with Crippen LogP contribution in [0.15, 0.2) is 30.5 Å². The zero-order chi connectivity index (χ0) is 15.9. The Bertz CT molecular complexity index is 597. The van der Waals surface area contributed by atoms with Gasteiger partial charge in [0, 0.05) is 29.7 Å². The number of aromatic nitrogens is 1. The maximum atomic E-state index is 5.85. The average molecular weight is 368 g/mol. The Morgan fingerprint density at radius 2 is 1.88 bits per heavy atom. The standard InChI is InChI=1S/C18H25N3OS.ClH/c19-13-17-14-20-18(23-17)15-5-7-16(8-6-15)22-12-4-11-21-9-2-1-3-10-21;/h5-8,14H,1-4,9-13,19H2;1H. The molecule has 1 fully saturated rings. The van der Waals surface area contributed by atoms with Gasteiger partial charge in [0.05, 0.1) is 6.61 Å². The highest BCUT2D eigenvalue weighted by Crippen LogP contribution is 2.26. The van der Waals surface area contributed by atoms with Gasteiger partial charge in [-0.15, -0.1) is 23.7 Å². The summed E-state index contributed by atoms with van der Waals surface area (Å²) >= 11 is 1.65. The molecule has 1 aliphatic rings. The highest BCUT2D eigenvalue weighted by Gasteiger charge is 2.09. The van der Waals surface area contributed by atoms with Crippen molar-refractivity contribution in [2.24, 2.45) is 5.73 Å². The van der Waals surface area contributed by atoms with Crippen LogP contribution in [0, 0.1) is 0 Å². The Hall–Kier alpha value is -1.14. The van der Waals surface area contributed by atoms with Gasteiger partial charge >= 0.3 is 0 Å². The molecular formula is C18H26ClN3OS. The number of rotatable bonds is 7. The monoisotopic (exact) mass is 367 g/mol. The molecule has 0 atom stereocenters. The van der Waals surface area contributed by atoms with E-state index in [1.54, 1.807) is 11.3 Å². The first kappa shape index (κ1) is 19.2. The molecule has 0 aliphatic carbocycles. The van der Waals surface area contributed by atoms with E-state index in [1.807, 2.05) is 18.3 Å². The molecule has 0 radical (unpaired) electrons. The first-order valence-electron chi connectivity index (χ1n) is 8.45. The third kappa shape index (κ3) is 5.45. The maximum absolute atomic E-state index is 5.85. The van der Waals surface area contributed by atoms with Gasteiger partial charge in [-0.1, -0.05) is 6.42 Å². The number of likely N-dealkylation sites (tertiary alicyclic amines) is 1. The Balaban J connectivity index is 0.00000208. The van der Waals surface area contributed by atoms with Gasteiger partial charge in [-0.3, -0.25) is 0 Å². The highest BCUT2D eigenvalue weighted by molar-refractivity contribution is 7.15. The summed E-state index contributed by atoms with van der Waals surface area (Å²) in [4.78, 5) is 8.06. The number of thiazole rings is 1. The first-order chi connectivity index (χ1) is 11.3. The van der Waals surface area contributed by atoms with Gasteiger partial charge in [0.2, 0.25) is 0 Å². The van der Waals surface area contributed by atoms with Crippen LogP contribution in [0.5, 0.6) is 5.75 Å². The summed E-state index contributed by atoms with van der Waals surface area (Å²) in [6, 6.07) is 8.19. The van der Waals surface area contributed by atoms with Crippen molar-refractivity contribution in [3.8, 4) is 16.3 Å². The quantitative estimate of drug-likeness (QED) is 0.753. The summed E-state index contributed by atoms with van der Waals surface area (Å²) in [5.41, 5.74) is 6.75. The molecule has 0 unspecified atom stereocenters. The van der Waals surface area contributed by atoms with Crippen LogP contribution in [0.4, 0.5) is 0 Å². The minimum Gasteiger partial charge on any atom is -0.494 e. The molecular weight excluding hydrogens is 342 g/mol. The van der Waals surface area contributed by atoms with E-state index in [0.29, 0.717) is 6.54 Å². The first-order valence-corrected chi connectivity index (χ1v) is 9.27. The van der Waals surface area contributed by atoms with E-state index in [4.69, 9.17) is 10.5 Å². The lowest BCUT2D eigenvalue weighted by Gasteiger charge is -2.26. The van der Waals surface area contributed by atoms with Gasteiger partial charge in [-0.05, 0) is 56.6 Å². The maximum Gasteiger partial charge on any atom is 0.123 e. The number of piperidine rings is 1. The molecule has 3 rings (SSSR count). The van der Waals surface area contributed by atoms with Crippen LogP contribution in [0.1, 0.15) is 30.6 Å². The lowest BCUT2D eigenvalue weighted by Crippen LogP contribution is -2.31. The van der Waals surface area contributed by atoms with Crippen molar-refractivity contribution < 1.29 is 4.74 Å². The third-order valence-corrected chi connectivity index (χ3v) is 5.26. The second kappa shape index (κ2) is 9.99. The fourth-order valence-corrected chi connectivity index (χ4v) is 3.69. The van der Waals surface area contributed by atoms with Crippen LogP contribution < -0.4 is 10.5 Å². The molecule has 6 heteroatoms. The molecule has 4 nitrogen and oxygen atoms in total. The summed E-state index contributed by atoms with van der Waals surface area (Å²) in [6.45, 7) is 5.00. The molecule has 0 amide bonds. The summed E-state index contributed by atoms with van der Waals surface area (Å²) in [5.74, 6) is 0.933. The summed E-state index contributed by atoms with van der Waals surface area (Å²) in [7, 11) is 0. The van der Waals surface area contributed by atoms with Crippen LogP contribution in [0.25, 0.3) is 10.6 Å². The minimum absolute atomic E-state index is 0. The molecule has 24 heavy (non-hydrogen) atoms. The van der Waals surface area contributed by atoms with Gasteiger partial charge in [0.15, 0.2) is 0 Å². The van der Waals surface area contributed by atoms with E-state index in [9.17, 15) is 0 Å². The SMILES string of the molecule is Cl.NCc1cnc(-c2ccc(OCCCN3CCCCC3)cc2)s1. The van der Waals surface area contributed by atoms with Crippen LogP contribution >= 0.6 is 23.7 Å². The summed E-state index contributed by atoms with van der Waals surface area (Å²) < 4.78 is 5.85. The smallest absolute Gasteiger partial charge is 0.123 e. The average Bonchev–Trinajstić information content (AvgIpc) is 3.09. The Labute approximate surface area is 154 Å². The fraction of sp³-hybridized carbons (Fsp3) is 0.500. The number of nitrogens with two attached hydrogens (primary N) is 1. The molecule has 1 aliphatic heterocycles. The van der Waals surface area contributed by atoms with Gasteiger partial charge in [0.1, 0.15) is 10.8 Å². The zero-order valence-electron chi connectivity index (χ0n) is 13.9. The van der Waals surface area contributed by atoms with Crippen LogP contribution in [0.3, 0.4) is 0 Å². The van der Waals surface area contributed by atoms with Gasteiger partial charge < -0.3 is 15.4 Å². The van der Waals surface area contributed by atoms with E-state index in [2.05, 4.69) is 22.0 Å². The van der Waals surface area contributed by atoms with Crippen molar-refractivity contribution in [3.63, 3.8) is 0 Å². The molecule has 1 aromatic heterocycles. The lowest BCUT2D eigenvalue weighted by atomic mass is 10.1. The number of benzene rings is 1. The number of hydrogen-bond donors (Lipinski definition) is 1. The zero-order valence-corrected chi connectivity index (χ0v) is 15.6. The molecule has 2 N–H and O–H groups in total. The molecule has 132 valence electrons. The van der Waals surface area contributed by atoms with Crippen LogP contribution in [0.2, 0.25) is 0 Å². The van der Waals surface area contributed by atoms with Crippen LogP contribution in [-0.2, 0) is 6.54 Å². The van der Waals surface area contributed by atoms with Crippen molar-refractivity contribution in [1.82, 2.24) is 9.88 Å². The molecule has 2 aromatic rings. The van der Waals surface area contributed by atoms with Crippen molar-refractivity contribution in [1.29, 1.82) is 0 Å². The van der Waals surface area contributed by atoms with Gasteiger partial charge in [-0.25, -0.2) is 4.98 Å². The largest absolute Gasteiger partial charge is 0.494 e. The predicted molar refractivity (Wildman–Crippen MR) is 103 cm³/mol. The number of ether oxygens (including phenoxy) is 1. The van der Waals surface area contributed by atoms with E-state index < -0.39 is 0 Å². The highest BCUT2D eigenvalue weighted by atomic mass is 35.5. The lowest BCUT2D eigenvalue weighted by molar-refractivity contribution is 0.205. The van der Waals surface area contributed by atoms with E-state index in [1.165, 1.54) is 32.4 Å². The van der Waals surface area contributed by atoms with Gasteiger partial charge in [0.25, 0.3) is 0 Å². The van der Waals surface area contributed by atoms with Gasteiger partial charge in [-0.2, -0.15) is 0 Å². The molecule has 0 saturated carbocycles. The number of nitrogens with zero attached hydrogens (tertiary/aromatic N) is 2. The van der Waals surface area contributed by atoms with Crippen molar-refractivity contribution in [2.75, 3.05) is 26.2 Å².